The van der Waals surface area contributed by atoms with Crippen LogP contribution in [-0.4, -0.2) is 60.2 Å². The Balaban J connectivity index is 1.64. The van der Waals surface area contributed by atoms with Crippen molar-refractivity contribution in [3.63, 3.8) is 0 Å². The molecular formula is C32H57BN6O6. The molecule has 2 bridgehead atoms. The average molecular weight is 633 g/mol. The molecule has 12 nitrogen and oxygen atoms in total. The number of aliphatic imine (C=N–C) groups is 1. The molecule has 0 unspecified atom stereocenters. The number of hydrogen-bond acceptors (Lipinski definition) is 7. The Labute approximate surface area is 269 Å². The summed E-state index contributed by atoms with van der Waals surface area (Å²) in [4.78, 5) is 41.2. The first-order valence-electron chi connectivity index (χ1n) is 17.1. The van der Waals surface area contributed by atoms with E-state index in [-0.39, 0.29) is 54.1 Å². The summed E-state index contributed by atoms with van der Waals surface area (Å²) >= 11 is 0. The van der Waals surface area contributed by atoms with Crippen LogP contribution in [0.2, 0.25) is 0 Å². The maximum absolute atomic E-state index is 13.7. The number of guanidine groups is 1. The normalized spacial score (nSPS) is 26.7. The number of hydrogen-bond donors (Lipinski definition) is 4. The molecule has 1 heterocycles. The molecule has 0 aromatic carbocycles. The van der Waals surface area contributed by atoms with Crippen molar-refractivity contribution in [3.8, 4) is 0 Å². The van der Waals surface area contributed by atoms with Gasteiger partial charge in [0.1, 0.15) is 6.04 Å². The van der Waals surface area contributed by atoms with E-state index in [9.17, 15) is 19.7 Å². The van der Waals surface area contributed by atoms with E-state index in [4.69, 9.17) is 15.0 Å². The summed E-state index contributed by atoms with van der Waals surface area (Å²) in [5, 5.41) is 15.8. The standard InChI is InChI=1S/C32H57BN6O6/c1-7-8-9-10-11-12-13-14-17-28(40)36-24(16-15-18-35-30(34)38-39(42)43)29(41)37-27(19-22(2)3)33-44-26-21-23-20-25(31(23,4)5)32(26,6)45-33/h14,17,22-27H,7-13,15-16,18-21H2,1-6H3,(H,36,40)(H,37,41)(H3,34,35,38)/b17-14+/t23-,24-,25-,26+,27-,32-/m0/s1. The van der Waals surface area contributed by atoms with Crippen molar-refractivity contribution in [2.75, 3.05) is 6.54 Å². The predicted octanol–water partition coefficient (Wildman–Crippen LogP) is 4.45. The molecule has 3 aliphatic carbocycles. The van der Waals surface area contributed by atoms with Crippen LogP contribution in [0.3, 0.4) is 0 Å². The second-order valence-corrected chi connectivity index (χ2v) is 14.4. The summed E-state index contributed by atoms with van der Waals surface area (Å²) in [5.41, 5.74) is 7.15. The lowest BCUT2D eigenvalue weighted by Crippen LogP contribution is -2.65. The number of nitro groups is 1. The molecule has 4 aliphatic rings. The van der Waals surface area contributed by atoms with Crippen LogP contribution in [0.5, 0.6) is 0 Å². The molecule has 0 aromatic heterocycles. The molecule has 3 saturated carbocycles. The lowest BCUT2D eigenvalue weighted by atomic mass is 9.43. The third-order valence-electron chi connectivity index (χ3n) is 10.1. The van der Waals surface area contributed by atoms with Crippen molar-refractivity contribution in [2.45, 2.75) is 142 Å². The Kier molecular flexibility index (Phi) is 13.7. The molecule has 254 valence electrons. The van der Waals surface area contributed by atoms with E-state index in [0.717, 1.165) is 32.1 Å². The number of unbranched alkanes of at least 4 members (excludes halogenated alkanes) is 6. The Bertz CT molecular complexity index is 1070. The van der Waals surface area contributed by atoms with E-state index in [1.165, 1.54) is 31.8 Å². The van der Waals surface area contributed by atoms with Crippen LogP contribution in [-0.2, 0) is 18.9 Å². The first-order valence-corrected chi connectivity index (χ1v) is 17.1. The van der Waals surface area contributed by atoms with E-state index >= 15 is 0 Å². The number of carbonyl (C=O) groups is 2. The lowest BCUT2D eigenvalue weighted by Gasteiger charge is -2.64. The van der Waals surface area contributed by atoms with Crippen LogP contribution in [0.15, 0.2) is 17.1 Å². The van der Waals surface area contributed by atoms with E-state index in [0.29, 0.717) is 24.7 Å². The number of carbonyl (C=O) groups excluding carboxylic acids is 2. The van der Waals surface area contributed by atoms with E-state index in [1.54, 1.807) is 0 Å². The van der Waals surface area contributed by atoms with Gasteiger partial charge in [-0.05, 0) is 81.1 Å². The topological polar surface area (TPSA) is 170 Å². The zero-order chi connectivity index (χ0) is 33.2. The number of amides is 2. The van der Waals surface area contributed by atoms with Crippen molar-refractivity contribution in [1.82, 2.24) is 16.1 Å². The summed E-state index contributed by atoms with van der Waals surface area (Å²) in [6.45, 7) is 13.3. The van der Waals surface area contributed by atoms with Crippen molar-refractivity contribution >= 4 is 24.9 Å². The summed E-state index contributed by atoms with van der Waals surface area (Å²) < 4.78 is 13.2. The van der Waals surface area contributed by atoms with E-state index < -0.39 is 23.8 Å². The Morgan fingerprint density at radius 1 is 1.11 bits per heavy atom. The van der Waals surface area contributed by atoms with Gasteiger partial charge in [-0.25, -0.2) is 15.1 Å². The Hall–Kier alpha value is -2.67. The minimum atomic E-state index is -0.836. The summed E-state index contributed by atoms with van der Waals surface area (Å²) in [7, 11) is -0.576. The number of allylic oxidation sites excluding steroid dienone is 1. The van der Waals surface area contributed by atoms with Gasteiger partial charge in [0.05, 0.1) is 17.6 Å². The monoisotopic (exact) mass is 632 g/mol. The number of nitrogens with zero attached hydrogens (tertiary/aromatic N) is 2. The summed E-state index contributed by atoms with van der Waals surface area (Å²) in [6, 6.07) is -0.836. The van der Waals surface area contributed by atoms with E-state index in [1.807, 2.05) is 11.5 Å². The van der Waals surface area contributed by atoms with Crippen molar-refractivity contribution in [3.05, 3.63) is 22.3 Å². The maximum Gasteiger partial charge on any atom is 0.481 e. The van der Waals surface area contributed by atoms with Crippen LogP contribution in [0, 0.1) is 33.3 Å². The molecule has 5 N–H and O–H groups in total. The zero-order valence-corrected chi connectivity index (χ0v) is 28.3. The fourth-order valence-corrected chi connectivity index (χ4v) is 7.45. The van der Waals surface area contributed by atoms with Gasteiger partial charge in [-0.1, -0.05) is 78.2 Å². The first kappa shape index (κ1) is 36.8. The number of hydrazine groups is 1. The second-order valence-electron chi connectivity index (χ2n) is 14.4. The largest absolute Gasteiger partial charge is 0.481 e. The molecule has 0 radical (unpaired) electrons. The van der Waals surface area contributed by atoms with Crippen LogP contribution >= 0.6 is 0 Å². The predicted molar refractivity (Wildman–Crippen MR) is 176 cm³/mol. The fraction of sp³-hybridized carbons (Fsp3) is 0.844. The molecule has 1 saturated heterocycles. The number of nitrogens with one attached hydrogen (secondary N) is 3. The Morgan fingerprint density at radius 2 is 1.82 bits per heavy atom. The van der Waals surface area contributed by atoms with Gasteiger partial charge in [-0.3, -0.25) is 9.59 Å². The van der Waals surface area contributed by atoms with Crippen LogP contribution in [0.1, 0.15) is 119 Å². The van der Waals surface area contributed by atoms with Gasteiger partial charge < -0.3 is 25.7 Å². The maximum atomic E-state index is 13.7. The lowest BCUT2D eigenvalue weighted by molar-refractivity contribution is -0.525. The molecule has 0 spiro atoms. The number of rotatable bonds is 19. The van der Waals surface area contributed by atoms with Gasteiger partial charge in [0.25, 0.3) is 5.96 Å². The Morgan fingerprint density at radius 3 is 2.49 bits per heavy atom. The first-order chi connectivity index (χ1) is 21.3. The minimum Gasteiger partial charge on any atom is -0.404 e. The highest BCUT2D eigenvalue weighted by molar-refractivity contribution is 6.48. The quantitative estimate of drug-likeness (QED) is 0.0308. The van der Waals surface area contributed by atoms with Gasteiger partial charge in [0, 0.05) is 6.54 Å². The summed E-state index contributed by atoms with van der Waals surface area (Å²) in [6.07, 6.45) is 14.6. The van der Waals surface area contributed by atoms with Gasteiger partial charge >= 0.3 is 7.12 Å². The molecule has 6 atom stereocenters. The molecule has 1 aliphatic heterocycles. The molecular weight excluding hydrogens is 575 g/mol. The minimum absolute atomic E-state index is 0.00536. The number of nitrogens with two attached hydrogens (primary N) is 1. The summed E-state index contributed by atoms with van der Waals surface area (Å²) in [5.74, 6) is -0.0716. The zero-order valence-electron chi connectivity index (χ0n) is 28.3. The molecule has 4 fully saturated rings. The smallest absolute Gasteiger partial charge is 0.404 e. The second kappa shape index (κ2) is 16.8. The third kappa shape index (κ3) is 10.2. The molecule has 13 heteroatoms. The van der Waals surface area contributed by atoms with Crippen LogP contribution < -0.4 is 21.8 Å². The van der Waals surface area contributed by atoms with Crippen molar-refractivity contribution < 1.29 is 23.9 Å². The van der Waals surface area contributed by atoms with Crippen LogP contribution in [0.4, 0.5) is 0 Å². The third-order valence-corrected chi connectivity index (χ3v) is 10.1. The van der Waals surface area contributed by atoms with Gasteiger partial charge in [-0.15, -0.1) is 0 Å². The van der Waals surface area contributed by atoms with E-state index in [2.05, 4.69) is 57.2 Å². The van der Waals surface area contributed by atoms with Gasteiger partial charge in [-0.2, -0.15) is 0 Å². The fourth-order valence-electron chi connectivity index (χ4n) is 7.45. The molecule has 0 aromatic rings. The molecule has 2 amide bonds. The van der Waals surface area contributed by atoms with Gasteiger partial charge in [0.2, 0.25) is 11.8 Å². The average Bonchev–Trinajstić information content (AvgIpc) is 3.32. The highest BCUT2D eigenvalue weighted by Gasteiger charge is 2.68. The highest BCUT2D eigenvalue weighted by atomic mass is 16.7. The van der Waals surface area contributed by atoms with Crippen molar-refractivity contribution in [1.29, 1.82) is 0 Å². The van der Waals surface area contributed by atoms with Crippen LogP contribution in [0.25, 0.3) is 0 Å². The highest BCUT2D eigenvalue weighted by Crippen LogP contribution is 2.65. The van der Waals surface area contributed by atoms with Crippen molar-refractivity contribution in [2.24, 2.45) is 33.9 Å². The van der Waals surface area contributed by atoms with Gasteiger partial charge in [0.15, 0.2) is 5.03 Å². The molecule has 45 heavy (non-hydrogen) atoms. The molecule has 4 rings (SSSR count). The SMILES string of the molecule is CCCCCCCC/C=C/C(=O)N[C@@H](CCCN=C(N)N[N+](=O)[O-])C(=O)N[C@@H](CC(C)C)B1O[C@@H]2C[C@@H]3C[C@@H](C3(C)C)[C@]2(C)O1.